The summed E-state index contributed by atoms with van der Waals surface area (Å²) in [6.07, 6.45) is 1.47. The molecular weight excluding hydrogens is 256 g/mol. The molecule has 0 bridgehead atoms. The van der Waals surface area contributed by atoms with Crippen LogP contribution in [0.2, 0.25) is 0 Å². The first-order chi connectivity index (χ1) is 9.29. The predicted octanol–water partition coefficient (Wildman–Crippen LogP) is 2.92. The van der Waals surface area contributed by atoms with Crippen LogP contribution < -0.4 is 5.32 Å². The minimum absolute atomic E-state index is 0.197. The summed E-state index contributed by atoms with van der Waals surface area (Å²) in [7, 11) is 0. The lowest BCUT2D eigenvalue weighted by atomic mass is 10.2. The summed E-state index contributed by atoms with van der Waals surface area (Å²) >= 11 is 1.55. The van der Waals surface area contributed by atoms with Crippen LogP contribution in [0, 0.1) is 0 Å². The SMILES string of the molecule is CCCNCC(=O)Cc1nc(-c2ccccc2)cs1. The van der Waals surface area contributed by atoms with Crippen LogP contribution in [0.3, 0.4) is 0 Å². The minimum atomic E-state index is 0.197. The molecule has 1 aromatic heterocycles. The van der Waals surface area contributed by atoms with Crippen molar-refractivity contribution in [2.75, 3.05) is 13.1 Å². The van der Waals surface area contributed by atoms with Crippen LogP contribution in [0.1, 0.15) is 18.4 Å². The number of benzene rings is 1. The average molecular weight is 274 g/mol. The lowest BCUT2D eigenvalue weighted by Crippen LogP contribution is -2.24. The second kappa shape index (κ2) is 7.16. The van der Waals surface area contributed by atoms with Crippen LogP contribution in [0.4, 0.5) is 0 Å². The predicted molar refractivity (Wildman–Crippen MR) is 79.4 cm³/mol. The number of ketones is 1. The number of nitrogens with zero attached hydrogens (tertiary/aromatic N) is 1. The summed E-state index contributed by atoms with van der Waals surface area (Å²) in [5, 5.41) is 6.02. The third-order valence-corrected chi connectivity index (χ3v) is 3.57. The highest BCUT2D eigenvalue weighted by Crippen LogP contribution is 2.21. The van der Waals surface area contributed by atoms with Gasteiger partial charge in [0.05, 0.1) is 18.7 Å². The molecule has 0 aliphatic carbocycles. The van der Waals surface area contributed by atoms with Crippen LogP contribution in [0.25, 0.3) is 11.3 Å². The molecule has 0 unspecified atom stereocenters. The van der Waals surface area contributed by atoms with Gasteiger partial charge in [-0.25, -0.2) is 4.98 Å². The van der Waals surface area contributed by atoms with Gasteiger partial charge in [0.15, 0.2) is 5.78 Å². The van der Waals surface area contributed by atoms with Gasteiger partial charge in [0.1, 0.15) is 5.01 Å². The molecule has 1 heterocycles. The zero-order valence-corrected chi connectivity index (χ0v) is 11.9. The molecule has 0 amide bonds. The van der Waals surface area contributed by atoms with Gasteiger partial charge in [-0.2, -0.15) is 0 Å². The summed E-state index contributed by atoms with van der Waals surface area (Å²) < 4.78 is 0. The second-order valence-electron chi connectivity index (χ2n) is 4.38. The Morgan fingerprint density at radius 3 is 2.84 bits per heavy atom. The van der Waals surface area contributed by atoms with E-state index in [9.17, 15) is 4.79 Å². The van der Waals surface area contributed by atoms with Gasteiger partial charge in [-0.05, 0) is 13.0 Å². The van der Waals surface area contributed by atoms with Crippen molar-refractivity contribution in [3.05, 3.63) is 40.7 Å². The Morgan fingerprint density at radius 2 is 2.11 bits per heavy atom. The number of hydrogen-bond acceptors (Lipinski definition) is 4. The van der Waals surface area contributed by atoms with Crippen molar-refractivity contribution in [3.8, 4) is 11.3 Å². The molecule has 3 nitrogen and oxygen atoms in total. The van der Waals surface area contributed by atoms with Gasteiger partial charge in [-0.1, -0.05) is 37.3 Å². The van der Waals surface area contributed by atoms with Crippen molar-refractivity contribution in [2.45, 2.75) is 19.8 Å². The molecule has 0 saturated heterocycles. The minimum Gasteiger partial charge on any atom is -0.310 e. The fourth-order valence-electron chi connectivity index (χ4n) is 1.77. The Kier molecular flexibility index (Phi) is 5.24. The van der Waals surface area contributed by atoms with Crippen LogP contribution >= 0.6 is 11.3 Å². The first-order valence-electron chi connectivity index (χ1n) is 6.52. The van der Waals surface area contributed by atoms with Crippen LogP contribution in [-0.2, 0) is 11.2 Å². The summed E-state index contributed by atoms with van der Waals surface area (Å²) in [5.41, 5.74) is 2.05. The van der Waals surface area contributed by atoms with E-state index in [1.54, 1.807) is 11.3 Å². The molecule has 0 aliphatic heterocycles. The van der Waals surface area contributed by atoms with Crippen molar-refractivity contribution in [1.29, 1.82) is 0 Å². The van der Waals surface area contributed by atoms with E-state index in [0.717, 1.165) is 29.2 Å². The quantitative estimate of drug-likeness (QED) is 0.789. The van der Waals surface area contributed by atoms with Crippen LogP contribution in [-0.4, -0.2) is 23.9 Å². The highest BCUT2D eigenvalue weighted by atomic mass is 32.1. The maximum Gasteiger partial charge on any atom is 0.153 e. The molecule has 0 saturated carbocycles. The fraction of sp³-hybridized carbons (Fsp3) is 0.333. The molecule has 0 fully saturated rings. The Morgan fingerprint density at radius 1 is 1.32 bits per heavy atom. The molecular formula is C15H18N2OS. The maximum absolute atomic E-state index is 11.7. The van der Waals surface area contributed by atoms with Crippen molar-refractivity contribution < 1.29 is 4.79 Å². The summed E-state index contributed by atoms with van der Waals surface area (Å²) in [4.78, 5) is 16.3. The molecule has 1 aromatic carbocycles. The molecule has 0 radical (unpaired) electrons. The number of thiazole rings is 1. The summed E-state index contributed by atoms with van der Waals surface area (Å²) in [6.45, 7) is 3.41. The smallest absolute Gasteiger partial charge is 0.153 e. The molecule has 19 heavy (non-hydrogen) atoms. The average Bonchev–Trinajstić information content (AvgIpc) is 2.88. The van der Waals surface area contributed by atoms with E-state index < -0.39 is 0 Å². The number of hydrogen-bond donors (Lipinski definition) is 1. The fourth-order valence-corrected chi connectivity index (χ4v) is 2.60. The molecule has 0 atom stereocenters. The van der Waals surface area contributed by atoms with Crippen molar-refractivity contribution in [2.24, 2.45) is 0 Å². The zero-order chi connectivity index (χ0) is 13.5. The Labute approximate surface area is 117 Å². The third-order valence-electron chi connectivity index (χ3n) is 2.72. The van der Waals surface area contributed by atoms with E-state index in [1.165, 1.54) is 0 Å². The van der Waals surface area contributed by atoms with Gasteiger partial charge in [0.2, 0.25) is 0 Å². The van der Waals surface area contributed by atoms with Gasteiger partial charge in [0.25, 0.3) is 0 Å². The Balaban J connectivity index is 1.93. The zero-order valence-electron chi connectivity index (χ0n) is 11.1. The van der Waals surface area contributed by atoms with E-state index in [4.69, 9.17) is 0 Å². The molecule has 0 aliphatic rings. The van der Waals surface area contributed by atoms with Crippen LogP contribution in [0.15, 0.2) is 35.7 Å². The van der Waals surface area contributed by atoms with Gasteiger partial charge in [-0.15, -0.1) is 11.3 Å². The summed E-state index contributed by atoms with van der Waals surface area (Å²) in [6, 6.07) is 10.0. The standard InChI is InChI=1S/C15H18N2OS/c1-2-8-16-10-13(18)9-15-17-14(11-19-15)12-6-4-3-5-7-12/h3-7,11,16H,2,8-10H2,1H3. The summed E-state index contributed by atoms with van der Waals surface area (Å²) in [5.74, 6) is 0.197. The van der Waals surface area contributed by atoms with E-state index in [2.05, 4.69) is 17.2 Å². The monoisotopic (exact) mass is 274 g/mol. The third kappa shape index (κ3) is 4.26. The topological polar surface area (TPSA) is 42.0 Å². The Hall–Kier alpha value is -1.52. The van der Waals surface area contributed by atoms with Crippen molar-refractivity contribution in [3.63, 3.8) is 0 Å². The first-order valence-corrected chi connectivity index (χ1v) is 7.40. The molecule has 0 spiro atoms. The van der Waals surface area contributed by atoms with Crippen LogP contribution in [0.5, 0.6) is 0 Å². The van der Waals surface area contributed by atoms with E-state index in [1.807, 2.05) is 35.7 Å². The first kappa shape index (κ1) is 13.9. The van der Waals surface area contributed by atoms with E-state index in [-0.39, 0.29) is 5.78 Å². The number of Topliss-reactive ketones (excluding diaryl/α,β-unsaturated/α-hetero) is 1. The molecule has 2 aromatic rings. The largest absolute Gasteiger partial charge is 0.310 e. The second-order valence-corrected chi connectivity index (χ2v) is 5.33. The van der Waals surface area contributed by atoms with Gasteiger partial charge >= 0.3 is 0 Å². The number of nitrogens with one attached hydrogen (secondary N) is 1. The van der Waals surface area contributed by atoms with Gasteiger partial charge < -0.3 is 5.32 Å². The number of rotatable bonds is 7. The lowest BCUT2D eigenvalue weighted by molar-refractivity contribution is -0.117. The normalized spacial score (nSPS) is 10.6. The maximum atomic E-state index is 11.7. The van der Waals surface area contributed by atoms with E-state index >= 15 is 0 Å². The molecule has 2 rings (SSSR count). The number of carbonyl (C=O) groups excluding carboxylic acids is 1. The van der Waals surface area contributed by atoms with Gasteiger partial charge in [-0.3, -0.25) is 4.79 Å². The van der Waals surface area contributed by atoms with Crippen molar-refractivity contribution >= 4 is 17.1 Å². The van der Waals surface area contributed by atoms with Gasteiger partial charge in [0, 0.05) is 10.9 Å². The lowest BCUT2D eigenvalue weighted by Gasteiger charge is -2.00. The van der Waals surface area contributed by atoms with Crippen molar-refractivity contribution in [1.82, 2.24) is 10.3 Å². The number of carbonyl (C=O) groups is 1. The Bertz CT molecular complexity index is 522. The molecule has 1 N–H and O–H groups in total. The highest BCUT2D eigenvalue weighted by Gasteiger charge is 2.08. The van der Waals surface area contributed by atoms with E-state index in [0.29, 0.717) is 13.0 Å². The molecule has 100 valence electrons. The molecule has 4 heteroatoms. The number of aromatic nitrogens is 1. The highest BCUT2D eigenvalue weighted by molar-refractivity contribution is 7.10.